The molecule has 2 aromatic rings. The molecule has 1 atom stereocenters. The number of ether oxygens (including phenoxy) is 3. The van der Waals surface area contributed by atoms with Gasteiger partial charge in [-0.1, -0.05) is 57.9 Å². The molecule has 2 rings (SSSR count). The van der Waals surface area contributed by atoms with E-state index in [1.54, 1.807) is 0 Å². The van der Waals surface area contributed by atoms with Gasteiger partial charge >= 0.3 is 0 Å². The number of hydrogen-bond acceptors (Lipinski definition) is 5. The molecule has 2 aromatic carbocycles. The molecule has 0 amide bonds. The van der Waals surface area contributed by atoms with Crippen LogP contribution in [0.4, 0.5) is 3.89 Å². The first-order chi connectivity index (χ1) is 16.0. The van der Waals surface area contributed by atoms with E-state index >= 15 is 0 Å². The van der Waals surface area contributed by atoms with Crippen LogP contribution in [-0.2, 0) is 10.2 Å². The highest BCUT2D eigenvalue weighted by Crippen LogP contribution is 2.33. The van der Waals surface area contributed by atoms with E-state index < -0.39 is 6.10 Å². The average Bonchev–Trinajstić information content (AvgIpc) is 2.83. The van der Waals surface area contributed by atoms with Gasteiger partial charge in [0, 0.05) is 29.9 Å². The van der Waals surface area contributed by atoms with E-state index in [2.05, 4.69) is 45.0 Å². The highest BCUT2D eigenvalue weighted by Gasteiger charge is 2.23. The zero-order chi connectivity index (χ0) is 23.9. The van der Waals surface area contributed by atoms with Gasteiger partial charge < -0.3 is 19.3 Å². The molecule has 0 aromatic heterocycles. The van der Waals surface area contributed by atoms with Gasteiger partial charge in [-0.3, -0.25) is 0 Å². The maximum Gasteiger partial charge on any atom is 0.119 e. The third-order valence-corrected chi connectivity index (χ3v) is 6.12. The van der Waals surface area contributed by atoms with E-state index in [9.17, 15) is 8.99 Å². The third kappa shape index (κ3) is 9.95. The van der Waals surface area contributed by atoms with Gasteiger partial charge in [0.1, 0.15) is 24.2 Å². The number of halogens is 1. The third-order valence-electron chi connectivity index (χ3n) is 5.68. The van der Waals surface area contributed by atoms with Crippen molar-refractivity contribution in [2.45, 2.75) is 64.4 Å². The summed E-state index contributed by atoms with van der Waals surface area (Å²) in [7, 11) is 0. The number of rotatable bonds is 17. The highest BCUT2D eigenvalue weighted by molar-refractivity contribution is 7.94. The van der Waals surface area contributed by atoms with Crippen LogP contribution in [0, 0.1) is 0 Å². The molecule has 0 aliphatic carbocycles. The number of aliphatic hydroxyl groups excluding tert-OH is 1. The molecule has 0 radical (unpaired) electrons. The topological polar surface area (TPSA) is 47.9 Å². The summed E-state index contributed by atoms with van der Waals surface area (Å²) >= 11 is 0.347. The van der Waals surface area contributed by atoms with Crippen molar-refractivity contribution < 1.29 is 23.2 Å². The van der Waals surface area contributed by atoms with Crippen molar-refractivity contribution in [3.63, 3.8) is 0 Å². The lowest BCUT2D eigenvalue weighted by molar-refractivity contribution is 0.0113. The van der Waals surface area contributed by atoms with E-state index in [-0.39, 0.29) is 18.6 Å². The second-order valence-corrected chi connectivity index (χ2v) is 9.42. The second-order valence-electron chi connectivity index (χ2n) is 8.79. The zero-order valence-electron chi connectivity index (χ0n) is 20.2. The quantitative estimate of drug-likeness (QED) is 0.255. The Bertz CT molecular complexity index is 765. The van der Waals surface area contributed by atoms with Gasteiger partial charge in [-0.25, -0.2) is 0 Å². The van der Waals surface area contributed by atoms with Gasteiger partial charge in [0.25, 0.3) is 0 Å². The Balaban J connectivity index is 1.80. The Hall–Kier alpha value is -1.76. The van der Waals surface area contributed by atoms with Crippen LogP contribution in [0.3, 0.4) is 0 Å². The Morgan fingerprint density at radius 2 is 1.39 bits per heavy atom. The molecule has 184 valence electrons. The Labute approximate surface area is 203 Å². The normalized spacial score (nSPS) is 12.5. The van der Waals surface area contributed by atoms with Crippen LogP contribution >= 0.6 is 12.1 Å². The number of hydrogen-bond donors (Lipinski definition) is 1. The first kappa shape index (κ1) is 27.5. The predicted molar refractivity (Wildman–Crippen MR) is 135 cm³/mol. The predicted octanol–water partition coefficient (Wildman–Crippen LogP) is 6.74. The van der Waals surface area contributed by atoms with E-state index in [1.165, 1.54) is 24.0 Å². The molecule has 0 saturated heterocycles. The maximum absolute atomic E-state index is 12.0. The summed E-state index contributed by atoms with van der Waals surface area (Å²) < 4.78 is 28.9. The molecule has 4 nitrogen and oxygen atoms in total. The fraction of sp³-hybridized carbons (Fsp3) is 0.556. The molecule has 0 spiro atoms. The van der Waals surface area contributed by atoms with Crippen LogP contribution in [0.5, 0.6) is 11.5 Å². The molecule has 0 aliphatic rings. The minimum absolute atomic E-state index is 0.159. The Kier molecular flexibility index (Phi) is 12.7. The number of aliphatic hydroxyl groups is 1. The van der Waals surface area contributed by atoms with Crippen molar-refractivity contribution in [1.82, 2.24) is 0 Å². The molecule has 0 fully saturated rings. The Morgan fingerprint density at radius 3 is 1.97 bits per heavy atom. The summed E-state index contributed by atoms with van der Waals surface area (Å²) in [5.74, 6) is 2.11. The number of unbranched alkanes of at least 4 members (excludes halogenated alkanes) is 3. The molecular weight excluding hydrogens is 439 g/mol. The minimum Gasteiger partial charge on any atom is -0.494 e. The molecule has 0 bridgehead atoms. The van der Waals surface area contributed by atoms with Gasteiger partial charge in [-0.2, -0.15) is 3.89 Å². The van der Waals surface area contributed by atoms with Crippen molar-refractivity contribution in [2.75, 3.05) is 32.2 Å². The molecule has 1 N–H and O–H groups in total. The van der Waals surface area contributed by atoms with Crippen molar-refractivity contribution in [1.29, 1.82) is 0 Å². The molecule has 1 unspecified atom stereocenters. The van der Waals surface area contributed by atoms with Crippen LogP contribution in [0.15, 0.2) is 48.5 Å². The maximum atomic E-state index is 12.0. The van der Waals surface area contributed by atoms with Gasteiger partial charge in [0.15, 0.2) is 0 Å². The van der Waals surface area contributed by atoms with Crippen LogP contribution in [-0.4, -0.2) is 43.4 Å². The van der Waals surface area contributed by atoms with Gasteiger partial charge in [-0.05, 0) is 54.7 Å². The van der Waals surface area contributed by atoms with Crippen LogP contribution in [0.25, 0.3) is 0 Å². The van der Waals surface area contributed by atoms with Crippen molar-refractivity contribution in [2.24, 2.45) is 0 Å². The van der Waals surface area contributed by atoms with Gasteiger partial charge in [0.05, 0.1) is 13.2 Å². The monoisotopic (exact) mass is 478 g/mol. The summed E-state index contributed by atoms with van der Waals surface area (Å²) in [6.07, 6.45) is 4.34. The highest BCUT2D eigenvalue weighted by atomic mass is 32.2. The Morgan fingerprint density at radius 1 is 0.818 bits per heavy atom. The summed E-state index contributed by atoms with van der Waals surface area (Å²) in [5, 5.41) is 10.0. The minimum atomic E-state index is -0.695. The molecule has 0 aliphatic heterocycles. The average molecular weight is 479 g/mol. The van der Waals surface area contributed by atoms with E-state index in [4.69, 9.17) is 14.2 Å². The van der Waals surface area contributed by atoms with E-state index in [0.717, 1.165) is 31.6 Å². The number of benzene rings is 2. The zero-order valence-corrected chi connectivity index (χ0v) is 21.0. The van der Waals surface area contributed by atoms with E-state index in [0.29, 0.717) is 30.3 Å². The molecule has 0 heterocycles. The van der Waals surface area contributed by atoms with E-state index in [1.807, 2.05) is 24.3 Å². The van der Waals surface area contributed by atoms with Crippen LogP contribution in [0.2, 0.25) is 0 Å². The lowest BCUT2D eigenvalue weighted by atomic mass is 9.78. The summed E-state index contributed by atoms with van der Waals surface area (Å²) in [5.41, 5.74) is 2.24. The molecule has 33 heavy (non-hydrogen) atoms. The summed E-state index contributed by atoms with van der Waals surface area (Å²) in [6, 6.07) is 16.4. The van der Waals surface area contributed by atoms with Gasteiger partial charge in [0.2, 0.25) is 0 Å². The largest absolute Gasteiger partial charge is 0.494 e. The van der Waals surface area contributed by atoms with Crippen molar-refractivity contribution in [3.8, 4) is 11.5 Å². The lowest BCUT2D eigenvalue weighted by Gasteiger charge is -2.26. The fourth-order valence-electron chi connectivity index (χ4n) is 3.47. The molecule has 6 heteroatoms. The summed E-state index contributed by atoms with van der Waals surface area (Å²) in [6.45, 7) is 8.26. The second kappa shape index (κ2) is 15.2. The standard InChI is InChI=1S/C27H39FO4S/c1-4-5-6-18-31-25-13-9-22(10-14-25)27(2,3)23-11-15-26(16-12-23)32-21-24(29)20-30-17-7-8-19-33-28/h9-16,24,29H,4-8,17-21H2,1-3H3. The fourth-order valence-corrected chi connectivity index (χ4v) is 3.78. The van der Waals surface area contributed by atoms with Crippen molar-refractivity contribution in [3.05, 3.63) is 59.7 Å². The molecule has 0 saturated carbocycles. The first-order valence-corrected chi connectivity index (χ1v) is 12.8. The lowest BCUT2D eigenvalue weighted by Crippen LogP contribution is -2.24. The smallest absolute Gasteiger partial charge is 0.119 e. The van der Waals surface area contributed by atoms with Crippen LogP contribution in [0.1, 0.15) is 64.0 Å². The first-order valence-electron chi connectivity index (χ1n) is 11.9. The SMILES string of the molecule is CCCCCOc1ccc(C(C)(C)c2ccc(OCC(O)COCCCCSF)cc2)cc1. The van der Waals surface area contributed by atoms with Gasteiger partial charge in [-0.15, -0.1) is 0 Å². The van der Waals surface area contributed by atoms with Crippen LogP contribution < -0.4 is 9.47 Å². The van der Waals surface area contributed by atoms with Crippen molar-refractivity contribution >= 4 is 12.1 Å². The summed E-state index contributed by atoms with van der Waals surface area (Å²) in [4.78, 5) is 0. The molecular formula is C27H39FO4S.